The molecule has 0 spiro atoms. The highest BCUT2D eigenvalue weighted by Gasteiger charge is 2.42. The molecular formula is C21H21N3O3. The molecule has 3 aromatic rings. The number of hydrogen-bond donors (Lipinski definition) is 1. The number of ether oxygens (including phenoxy) is 2. The monoisotopic (exact) mass is 363 g/mol. The number of aromatic amines is 1. The Hall–Kier alpha value is -3.15. The standard InChI is InChI=1S/C21H21N3O3/c1-23-16-5-4-6-17(27-3)18(16)21(25)24-10-9-14-13-8-7-12(26-2)11-15(13)22-19(14)20(23)24/h4-8,11,20,22H,9-10H2,1-3H3/t20-/m1/s1. The number of benzene rings is 2. The summed E-state index contributed by atoms with van der Waals surface area (Å²) in [5, 5.41) is 1.20. The largest absolute Gasteiger partial charge is 0.497 e. The molecule has 1 N–H and O–H groups in total. The van der Waals surface area contributed by atoms with Crippen LogP contribution in [0.25, 0.3) is 10.9 Å². The van der Waals surface area contributed by atoms with Crippen LogP contribution >= 0.6 is 0 Å². The summed E-state index contributed by atoms with van der Waals surface area (Å²) in [6.07, 6.45) is 0.668. The van der Waals surface area contributed by atoms with Crippen LogP contribution in [0.1, 0.15) is 27.8 Å². The molecule has 5 rings (SSSR count). The second-order valence-electron chi connectivity index (χ2n) is 7.02. The van der Waals surface area contributed by atoms with Gasteiger partial charge in [0.25, 0.3) is 5.91 Å². The molecule has 1 atom stereocenters. The maximum atomic E-state index is 13.3. The molecule has 138 valence electrons. The molecule has 0 aliphatic carbocycles. The van der Waals surface area contributed by atoms with Gasteiger partial charge in [-0.25, -0.2) is 0 Å². The fourth-order valence-electron chi connectivity index (χ4n) is 4.47. The Balaban J connectivity index is 1.70. The highest BCUT2D eigenvalue weighted by molar-refractivity contribution is 6.05. The molecular weight excluding hydrogens is 342 g/mol. The Morgan fingerprint density at radius 2 is 2.00 bits per heavy atom. The maximum Gasteiger partial charge on any atom is 0.261 e. The van der Waals surface area contributed by atoms with Crippen molar-refractivity contribution in [3.63, 3.8) is 0 Å². The van der Waals surface area contributed by atoms with Crippen LogP contribution in [0.3, 0.4) is 0 Å². The molecule has 3 heterocycles. The number of anilines is 1. The van der Waals surface area contributed by atoms with Gasteiger partial charge in [0.05, 0.1) is 25.6 Å². The molecule has 0 unspecified atom stereocenters. The smallest absolute Gasteiger partial charge is 0.261 e. The lowest BCUT2D eigenvalue weighted by atomic mass is 9.95. The summed E-state index contributed by atoms with van der Waals surface area (Å²) in [6.45, 7) is 0.678. The number of carbonyl (C=O) groups excluding carboxylic acids is 1. The predicted molar refractivity (Wildman–Crippen MR) is 104 cm³/mol. The van der Waals surface area contributed by atoms with Gasteiger partial charge < -0.3 is 24.3 Å². The second kappa shape index (κ2) is 5.67. The summed E-state index contributed by atoms with van der Waals surface area (Å²) in [5.74, 6) is 1.46. The average Bonchev–Trinajstić information content (AvgIpc) is 3.08. The molecule has 27 heavy (non-hydrogen) atoms. The summed E-state index contributed by atoms with van der Waals surface area (Å²) < 4.78 is 10.8. The van der Waals surface area contributed by atoms with Crippen LogP contribution < -0.4 is 14.4 Å². The van der Waals surface area contributed by atoms with E-state index >= 15 is 0 Å². The van der Waals surface area contributed by atoms with Crippen LogP contribution in [0, 0.1) is 0 Å². The Bertz CT molecular complexity index is 1070. The van der Waals surface area contributed by atoms with Crippen LogP contribution in [0.5, 0.6) is 11.5 Å². The lowest BCUT2D eigenvalue weighted by molar-refractivity contribution is 0.0630. The number of carbonyl (C=O) groups is 1. The molecule has 6 heteroatoms. The number of aromatic nitrogens is 1. The fourth-order valence-corrected chi connectivity index (χ4v) is 4.47. The van der Waals surface area contributed by atoms with Crippen LogP contribution in [-0.4, -0.2) is 43.6 Å². The van der Waals surface area contributed by atoms with E-state index in [4.69, 9.17) is 9.47 Å². The first-order chi connectivity index (χ1) is 13.1. The van der Waals surface area contributed by atoms with E-state index in [-0.39, 0.29) is 12.1 Å². The number of nitrogens with zero attached hydrogens (tertiary/aromatic N) is 2. The summed E-state index contributed by atoms with van der Waals surface area (Å²) >= 11 is 0. The first-order valence-corrected chi connectivity index (χ1v) is 9.03. The van der Waals surface area contributed by atoms with Crippen molar-refractivity contribution in [2.24, 2.45) is 0 Å². The lowest BCUT2D eigenvalue weighted by Crippen LogP contribution is -2.51. The normalized spacial score (nSPS) is 18.2. The number of nitrogens with one attached hydrogen (secondary N) is 1. The van der Waals surface area contributed by atoms with E-state index in [0.717, 1.165) is 29.1 Å². The van der Waals surface area contributed by atoms with E-state index in [1.807, 2.05) is 42.3 Å². The van der Waals surface area contributed by atoms with E-state index < -0.39 is 0 Å². The molecule has 6 nitrogen and oxygen atoms in total. The zero-order chi connectivity index (χ0) is 18.7. The van der Waals surface area contributed by atoms with Crippen LogP contribution in [0.2, 0.25) is 0 Å². The van der Waals surface area contributed by atoms with E-state index in [0.29, 0.717) is 17.9 Å². The number of methoxy groups -OCH3 is 2. The molecule has 2 aromatic carbocycles. The highest BCUT2D eigenvalue weighted by atomic mass is 16.5. The van der Waals surface area contributed by atoms with Gasteiger partial charge in [-0.3, -0.25) is 4.79 Å². The van der Waals surface area contributed by atoms with Crippen molar-refractivity contribution >= 4 is 22.5 Å². The average molecular weight is 363 g/mol. The number of H-pyrrole nitrogens is 1. The van der Waals surface area contributed by atoms with Crippen molar-refractivity contribution in [1.82, 2.24) is 9.88 Å². The SMILES string of the molecule is COc1ccc2c3c([nH]c2c1)[C@H]1N(CC3)C(=O)c2c(OC)cccc2N1C. The van der Waals surface area contributed by atoms with Crippen LogP contribution in [0.15, 0.2) is 36.4 Å². The second-order valence-corrected chi connectivity index (χ2v) is 7.02. The van der Waals surface area contributed by atoms with Crippen LogP contribution in [0.4, 0.5) is 5.69 Å². The third-order valence-electron chi connectivity index (χ3n) is 5.75. The predicted octanol–water partition coefficient (Wildman–Crippen LogP) is 3.33. The minimum absolute atomic E-state index is 0.0208. The maximum absolute atomic E-state index is 13.3. The lowest BCUT2D eigenvalue weighted by Gasteiger charge is -2.46. The molecule has 0 saturated carbocycles. The van der Waals surface area contributed by atoms with E-state index in [1.54, 1.807) is 14.2 Å². The van der Waals surface area contributed by atoms with Gasteiger partial charge in [0, 0.05) is 30.6 Å². The van der Waals surface area contributed by atoms with Crippen molar-refractivity contribution in [3.8, 4) is 11.5 Å². The quantitative estimate of drug-likeness (QED) is 0.759. The van der Waals surface area contributed by atoms with Gasteiger partial charge in [-0.15, -0.1) is 0 Å². The van der Waals surface area contributed by atoms with E-state index in [9.17, 15) is 4.79 Å². The molecule has 0 fully saturated rings. The molecule has 0 saturated heterocycles. The van der Waals surface area contributed by atoms with Crippen molar-refractivity contribution in [2.45, 2.75) is 12.6 Å². The Labute approximate surface area is 157 Å². The summed E-state index contributed by atoms with van der Waals surface area (Å²) in [7, 11) is 5.31. The zero-order valence-electron chi connectivity index (χ0n) is 15.6. The van der Waals surface area contributed by atoms with Gasteiger partial charge in [0.1, 0.15) is 23.2 Å². The summed E-state index contributed by atoms with van der Waals surface area (Å²) in [5.41, 5.74) is 4.93. The third-order valence-corrected chi connectivity index (χ3v) is 5.75. The summed E-state index contributed by atoms with van der Waals surface area (Å²) in [4.78, 5) is 20.9. The van der Waals surface area contributed by atoms with Crippen molar-refractivity contribution in [2.75, 3.05) is 32.7 Å². The molecule has 0 radical (unpaired) electrons. The molecule has 1 aromatic heterocycles. The van der Waals surface area contributed by atoms with Crippen molar-refractivity contribution in [1.29, 1.82) is 0 Å². The summed E-state index contributed by atoms with van der Waals surface area (Å²) in [6, 6.07) is 11.8. The third kappa shape index (κ3) is 2.10. The molecule has 0 bridgehead atoms. The topological polar surface area (TPSA) is 57.8 Å². The fraction of sp³-hybridized carbons (Fsp3) is 0.286. The first-order valence-electron chi connectivity index (χ1n) is 9.03. The Kier molecular flexibility index (Phi) is 3.37. The molecule has 1 amide bonds. The zero-order valence-corrected chi connectivity index (χ0v) is 15.6. The molecule has 2 aliphatic heterocycles. The van der Waals surface area contributed by atoms with Crippen LogP contribution in [-0.2, 0) is 6.42 Å². The van der Waals surface area contributed by atoms with Gasteiger partial charge in [-0.05, 0) is 36.2 Å². The minimum atomic E-state index is -0.153. The van der Waals surface area contributed by atoms with Gasteiger partial charge in [-0.2, -0.15) is 0 Å². The number of fused-ring (bicyclic) bond motifs is 6. The molecule has 2 aliphatic rings. The minimum Gasteiger partial charge on any atom is -0.497 e. The first kappa shape index (κ1) is 16.1. The van der Waals surface area contributed by atoms with Gasteiger partial charge in [-0.1, -0.05) is 6.07 Å². The van der Waals surface area contributed by atoms with Crippen molar-refractivity contribution < 1.29 is 14.3 Å². The number of amides is 1. The van der Waals surface area contributed by atoms with E-state index in [2.05, 4.69) is 16.0 Å². The number of hydrogen-bond acceptors (Lipinski definition) is 4. The Morgan fingerprint density at radius 1 is 1.15 bits per heavy atom. The van der Waals surface area contributed by atoms with Gasteiger partial charge >= 0.3 is 0 Å². The highest BCUT2D eigenvalue weighted by Crippen LogP contribution is 2.45. The van der Waals surface area contributed by atoms with E-state index in [1.165, 1.54) is 10.9 Å². The van der Waals surface area contributed by atoms with Crippen molar-refractivity contribution in [3.05, 3.63) is 53.2 Å². The number of rotatable bonds is 2. The van der Waals surface area contributed by atoms with Gasteiger partial charge in [0.2, 0.25) is 0 Å². The van der Waals surface area contributed by atoms with Gasteiger partial charge in [0.15, 0.2) is 0 Å². The Morgan fingerprint density at radius 3 is 2.78 bits per heavy atom.